The summed E-state index contributed by atoms with van der Waals surface area (Å²) in [6.07, 6.45) is 2.27. The summed E-state index contributed by atoms with van der Waals surface area (Å²) in [5, 5.41) is 12.2. The summed E-state index contributed by atoms with van der Waals surface area (Å²) >= 11 is 0. The van der Waals surface area contributed by atoms with E-state index in [2.05, 4.69) is 15.4 Å². The fourth-order valence-electron chi connectivity index (χ4n) is 2.19. The molecule has 2 heterocycles. The minimum absolute atomic E-state index is 0.140. The molecule has 0 atom stereocenters. The Morgan fingerprint density at radius 1 is 1.19 bits per heavy atom. The number of nitrogens with zero attached hydrogens (tertiary/aromatic N) is 5. The molecule has 0 amide bonds. The second-order valence-corrected chi connectivity index (χ2v) is 4.69. The number of rotatable bonds is 4. The summed E-state index contributed by atoms with van der Waals surface area (Å²) in [5.41, 5.74) is 2.65. The molecule has 2 aromatic heterocycles. The summed E-state index contributed by atoms with van der Waals surface area (Å²) in [7, 11) is 1.77. The van der Waals surface area contributed by atoms with Crippen LogP contribution in [0.15, 0.2) is 42.6 Å². The highest BCUT2D eigenvalue weighted by Gasteiger charge is 2.20. The molecule has 0 N–H and O–H groups in total. The average molecular weight is 281 g/mol. The average Bonchev–Trinajstić information content (AvgIpc) is 3.14. The smallest absolute Gasteiger partial charge is 0.231 e. The van der Waals surface area contributed by atoms with Crippen LogP contribution in [0.1, 0.15) is 28.8 Å². The molecule has 0 aliphatic carbocycles. The number of aryl methyl sites for hydroxylation is 2. The Hall–Kier alpha value is -2.76. The first kappa shape index (κ1) is 13.2. The Morgan fingerprint density at radius 2 is 1.95 bits per heavy atom. The van der Waals surface area contributed by atoms with Gasteiger partial charge in [-0.05, 0) is 24.6 Å². The number of aromatic nitrogens is 5. The van der Waals surface area contributed by atoms with Gasteiger partial charge in [0.1, 0.15) is 11.4 Å². The Labute approximate surface area is 122 Å². The second kappa shape index (κ2) is 5.32. The molecule has 0 unspecified atom stereocenters. The van der Waals surface area contributed by atoms with E-state index in [1.807, 2.05) is 43.3 Å². The number of hydrogen-bond acceptors (Lipinski definition) is 4. The lowest BCUT2D eigenvalue weighted by Crippen LogP contribution is -2.13. The monoisotopic (exact) mass is 281 g/mol. The lowest BCUT2D eigenvalue weighted by Gasteiger charge is -2.05. The molecule has 3 aromatic rings. The number of benzene rings is 1. The van der Waals surface area contributed by atoms with Crippen molar-refractivity contribution in [3.05, 3.63) is 59.7 Å². The summed E-state index contributed by atoms with van der Waals surface area (Å²) < 4.78 is 3.14. The third-order valence-electron chi connectivity index (χ3n) is 3.31. The van der Waals surface area contributed by atoms with Crippen LogP contribution in [-0.4, -0.2) is 30.6 Å². The van der Waals surface area contributed by atoms with E-state index >= 15 is 0 Å². The Bertz CT molecular complexity index is 772. The largest absolute Gasteiger partial charge is 0.285 e. The van der Waals surface area contributed by atoms with E-state index in [0.29, 0.717) is 11.4 Å². The van der Waals surface area contributed by atoms with Crippen LogP contribution < -0.4 is 0 Å². The number of ketones is 1. The molecule has 0 aliphatic rings. The maximum absolute atomic E-state index is 12.7. The highest BCUT2D eigenvalue weighted by molar-refractivity contribution is 6.06. The molecular weight excluding hydrogens is 266 g/mol. The van der Waals surface area contributed by atoms with E-state index in [4.69, 9.17) is 0 Å². The predicted octanol–water partition coefficient (Wildman–Crippen LogP) is 1.79. The van der Waals surface area contributed by atoms with Gasteiger partial charge in [0.25, 0.3) is 0 Å². The first-order valence-electron chi connectivity index (χ1n) is 6.74. The van der Waals surface area contributed by atoms with Gasteiger partial charge < -0.3 is 0 Å². The molecule has 21 heavy (non-hydrogen) atoms. The van der Waals surface area contributed by atoms with E-state index in [-0.39, 0.29) is 5.78 Å². The van der Waals surface area contributed by atoms with Gasteiger partial charge in [-0.25, -0.2) is 4.68 Å². The van der Waals surface area contributed by atoms with Crippen molar-refractivity contribution in [1.82, 2.24) is 24.8 Å². The SMILES string of the molecule is CCc1cc(C(=O)c2cnnn2-c2ccccc2)n(C)n1. The van der Waals surface area contributed by atoms with Gasteiger partial charge in [0, 0.05) is 7.05 Å². The van der Waals surface area contributed by atoms with Crippen molar-refractivity contribution in [2.75, 3.05) is 0 Å². The summed E-state index contributed by atoms with van der Waals surface area (Å²) in [6, 6.07) is 11.3. The molecule has 0 bridgehead atoms. The third-order valence-corrected chi connectivity index (χ3v) is 3.31. The van der Waals surface area contributed by atoms with Crippen molar-refractivity contribution < 1.29 is 4.79 Å². The zero-order chi connectivity index (χ0) is 14.8. The number of carbonyl (C=O) groups is 1. The Balaban J connectivity index is 2.03. The maximum atomic E-state index is 12.7. The molecular formula is C15H15N5O. The molecule has 0 fully saturated rings. The minimum Gasteiger partial charge on any atom is -0.285 e. The summed E-state index contributed by atoms with van der Waals surface area (Å²) in [6.45, 7) is 2.01. The lowest BCUT2D eigenvalue weighted by atomic mass is 10.2. The van der Waals surface area contributed by atoms with E-state index in [1.54, 1.807) is 16.4 Å². The zero-order valence-corrected chi connectivity index (χ0v) is 11.9. The van der Waals surface area contributed by atoms with E-state index in [0.717, 1.165) is 17.8 Å². The molecule has 0 spiro atoms. The van der Waals surface area contributed by atoms with Gasteiger partial charge in [-0.2, -0.15) is 5.10 Å². The normalized spacial score (nSPS) is 10.8. The molecule has 3 rings (SSSR count). The third kappa shape index (κ3) is 2.35. The van der Waals surface area contributed by atoms with Crippen molar-refractivity contribution in [1.29, 1.82) is 0 Å². The standard InChI is InChI=1S/C15H15N5O/c1-3-11-9-13(19(2)17-11)15(21)14-10-16-18-20(14)12-7-5-4-6-8-12/h4-10H,3H2,1-2H3. The van der Waals surface area contributed by atoms with Crippen molar-refractivity contribution in [3.63, 3.8) is 0 Å². The number of carbonyl (C=O) groups excluding carboxylic acids is 1. The second-order valence-electron chi connectivity index (χ2n) is 4.69. The topological polar surface area (TPSA) is 65.6 Å². The first-order valence-corrected chi connectivity index (χ1v) is 6.74. The molecule has 6 nitrogen and oxygen atoms in total. The summed E-state index contributed by atoms with van der Waals surface area (Å²) in [4.78, 5) is 12.7. The Kier molecular flexibility index (Phi) is 3.35. The minimum atomic E-state index is -0.140. The Morgan fingerprint density at radius 3 is 2.62 bits per heavy atom. The van der Waals surface area contributed by atoms with Gasteiger partial charge in [-0.15, -0.1) is 5.10 Å². The van der Waals surface area contributed by atoms with E-state index < -0.39 is 0 Å². The van der Waals surface area contributed by atoms with Crippen molar-refractivity contribution in [2.45, 2.75) is 13.3 Å². The molecule has 6 heteroatoms. The van der Waals surface area contributed by atoms with E-state index in [9.17, 15) is 4.79 Å². The van der Waals surface area contributed by atoms with E-state index in [1.165, 1.54) is 6.20 Å². The van der Waals surface area contributed by atoms with Crippen molar-refractivity contribution in [3.8, 4) is 5.69 Å². The van der Waals surface area contributed by atoms with Crippen LogP contribution >= 0.6 is 0 Å². The van der Waals surface area contributed by atoms with Crippen LogP contribution in [0.3, 0.4) is 0 Å². The number of para-hydroxylation sites is 1. The first-order chi connectivity index (χ1) is 10.2. The molecule has 1 aromatic carbocycles. The van der Waals surface area contributed by atoms with Crippen LogP contribution in [0.2, 0.25) is 0 Å². The van der Waals surface area contributed by atoms with Crippen LogP contribution in [0, 0.1) is 0 Å². The maximum Gasteiger partial charge on any atom is 0.231 e. The van der Waals surface area contributed by atoms with Crippen LogP contribution in [0.25, 0.3) is 5.69 Å². The van der Waals surface area contributed by atoms with Crippen molar-refractivity contribution >= 4 is 5.78 Å². The fraction of sp³-hybridized carbons (Fsp3) is 0.200. The quantitative estimate of drug-likeness (QED) is 0.684. The number of hydrogen-bond donors (Lipinski definition) is 0. The highest BCUT2D eigenvalue weighted by atomic mass is 16.1. The molecule has 0 saturated carbocycles. The van der Waals surface area contributed by atoms with Crippen LogP contribution in [0.4, 0.5) is 0 Å². The van der Waals surface area contributed by atoms with Gasteiger partial charge in [-0.3, -0.25) is 9.48 Å². The fourth-order valence-corrected chi connectivity index (χ4v) is 2.19. The molecule has 0 saturated heterocycles. The molecule has 106 valence electrons. The van der Waals surface area contributed by atoms with Gasteiger partial charge in [0.2, 0.25) is 5.78 Å². The predicted molar refractivity (Wildman–Crippen MR) is 77.4 cm³/mol. The molecule has 0 radical (unpaired) electrons. The van der Waals surface area contributed by atoms with Gasteiger partial charge in [0.15, 0.2) is 0 Å². The van der Waals surface area contributed by atoms with Gasteiger partial charge in [-0.1, -0.05) is 30.3 Å². The van der Waals surface area contributed by atoms with Gasteiger partial charge >= 0.3 is 0 Å². The van der Waals surface area contributed by atoms with Crippen molar-refractivity contribution in [2.24, 2.45) is 7.05 Å². The van der Waals surface area contributed by atoms with Gasteiger partial charge in [0.05, 0.1) is 17.6 Å². The van der Waals surface area contributed by atoms with Crippen LogP contribution in [-0.2, 0) is 13.5 Å². The van der Waals surface area contributed by atoms with Crippen LogP contribution in [0.5, 0.6) is 0 Å². The molecule has 0 aliphatic heterocycles. The zero-order valence-electron chi connectivity index (χ0n) is 11.9. The highest BCUT2D eigenvalue weighted by Crippen LogP contribution is 2.14. The lowest BCUT2D eigenvalue weighted by molar-refractivity contribution is 0.102. The summed E-state index contributed by atoms with van der Waals surface area (Å²) in [5.74, 6) is -0.140.